The molecule has 1 fully saturated rings. The molecule has 3 nitrogen and oxygen atoms in total. The van der Waals surface area contributed by atoms with Gasteiger partial charge in [0.05, 0.1) is 7.11 Å². The maximum Gasteiger partial charge on any atom is 0.122 e. The highest BCUT2D eigenvalue weighted by Crippen LogP contribution is 2.27. The molecule has 2 N–H and O–H groups in total. The Hall–Kier alpha value is -0.770. The Balaban J connectivity index is 2.15. The summed E-state index contributed by atoms with van der Waals surface area (Å²) in [6.07, 6.45) is 0.941. The van der Waals surface area contributed by atoms with Crippen LogP contribution in [0.15, 0.2) is 12.1 Å². The Bertz CT molecular complexity index is 389. The summed E-state index contributed by atoms with van der Waals surface area (Å²) in [7, 11) is 1.71. The molecular formula is C13H19ClN2O. The molecule has 0 aliphatic carbocycles. The van der Waals surface area contributed by atoms with Crippen molar-refractivity contribution in [3.63, 3.8) is 0 Å². The van der Waals surface area contributed by atoms with Crippen LogP contribution in [0.3, 0.4) is 0 Å². The first-order valence-corrected chi connectivity index (χ1v) is 6.35. The summed E-state index contributed by atoms with van der Waals surface area (Å²) in [5.41, 5.74) is 2.23. The SMILES string of the molecule is COc1cc(C)c(Cl)cc1CC1CNCCN1. The molecule has 1 aromatic carbocycles. The van der Waals surface area contributed by atoms with E-state index in [2.05, 4.69) is 10.6 Å². The van der Waals surface area contributed by atoms with Crippen molar-refractivity contribution in [3.8, 4) is 5.75 Å². The van der Waals surface area contributed by atoms with Gasteiger partial charge in [-0.25, -0.2) is 0 Å². The summed E-state index contributed by atoms with van der Waals surface area (Å²) in [5.74, 6) is 0.930. The lowest BCUT2D eigenvalue weighted by molar-refractivity contribution is 0.390. The van der Waals surface area contributed by atoms with E-state index < -0.39 is 0 Å². The van der Waals surface area contributed by atoms with Crippen LogP contribution in [0, 0.1) is 6.92 Å². The standard InChI is InChI=1S/C13H19ClN2O/c1-9-5-13(17-2)10(7-12(9)14)6-11-8-15-3-4-16-11/h5,7,11,15-16H,3-4,6,8H2,1-2H3. The van der Waals surface area contributed by atoms with E-state index in [1.165, 1.54) is 5.56 Å². The number of hydrogen-bond acceptors (Lipinski definition) is 3. The van der Waals surface area contributed by atoms with Gasteiger partial charge in [0.25, 0.3) is 0 Å². The van der Waals surface area contributed by atoms with Crippen LogP contribution in [0.5, 0.6) is 5.75 Å². The molecular weight excluding hydrogens is 236 g/mol. The predicted octanol–water partition coefficient (Wildman–Crippen LogP) is 1.76. The Kier molecular flexibility index (Phi) is 4.26. The number of ether oxygens (including phenoxy) is 1. The fourth-order valence-electron chi connectivity index (χ4n) is 2.17. The molecule has 4 heteroatoms. The van der Waals surface area contributed by atoms with Gasteiger partial charge in [-0.05, 0) is 36.6 Å². The first kappa shape index (κ1) is 12.7. The maximum atomic E-state index is 6.17. The third kappa shape index (κ3) is 3.12. The van der Waals surface area contributed by atoms with E-state index in [1.807, 2.05) is 19.1 Å². The summed E-state index contributed by atoms with van der Waals surface area (Å²) < 4.78 is 5.42. The summed E-state index contributed by atoms with van der Waals surface area (Å²) in [4.78, 5) is 0. The normalized spacial score (nSPS) is 20.3. The molecule has 0 aromatic heterocycles. The third-order valence-corrected chi connectivity index (χ3v) is 3.56. The number of hydrogen-bond donors (Lipinski definition) is 2. The van der Waals surface area contributed by atoms with Gasteiger partial charge >= 0.3 is 0 Å². The van der Waals surface area contributed by atoms with Crippen LogP contribution in [0.2, 0.25) is 5.02 Å². The zero-order valence-electron chi connectivity index (χ0n) is 10.3. The molecule has 17 heavy (non-hydrogen) atoms. The van der Waals surface area contributed by atoms with Gasteiger partial charge in [0.15, 0.2) is 0 Å². The molecule has 0 radical (unpaired) electrons. The van der Waals surface area contributed by atoms with Crippen molar-refractivity contribution in [2.24, 2.45) is 0 Å². The molecule has 0 bridgehead atoms. The lowest BCUT2D eigenvalue weighted by Crippen LogP contribution is -2.49. The minimum Gasteiger partial charge on any atom is -0.496 e. The molecule has 1 heterocycles. The number of aryl methyl sites for hydroxylation is 1. The van der Waals surface area contributed by atoms with Crippen molar-refractivity contribution in [2.75, 3.05) is 26.7 Å². The molecule has 1 aliphatic rings. The molecule has 1 aromatic rings. The smallest absolute Gasteiger partial charge is 0.122 e. The Labute approximate surface area is 107 Å². The number of rotatable bonds is 3. The number of nitrogens with one attached hydrogen (secondary N) is 2. The van der Waals surface area contributed by atoms with Gasteiger partial charge in [0.1, 0.15) is 5.75 Å². The Morgan fingerprint density at radius 3 is 2.88 bits per heavy atom. The van der Waals surface area contributed by atoms with Gasteiger partial charge in [-0.15, -0.1) is 0 Å². The Morgan fingerprint density at radius 1 is 1.41 bits per heavy atom. The quantitative estimate of drug-likeness (QED) is 0.863. The lowest BCUT2D eigenvalue weighted by Gasteiger charge is -2.25. The van der Waals surface area contributed by atoms with Crippen molar-refractivity contribution in [3.05, 3.63) is 28.3 Å². The minimum atomic E-state index is 0.455. The van der Waals surface area contributed by atoms with Gasteiger partial charge in [-0.3, -0.25) is 0 Å². The molecule has 1 unspecified atom stereocenters. The maximum absolute atomic E-state index is 6.17. The average molecular weight is 255 g/mol. The monoisotopic (exact) mass is 254 g/mol. The first-order valence-electron chi connectivity index (χ1n) is 5.98. The molecule has 2 rings (SSSR count). The van der Waals surface area contributed by atoms with Gasteiger partial charge in [-0.1, -0.05) is 11.6 Å². The minimum absolute atomic E-state index is 0.455. The van der Waals surface area contributed by atoms with E-state index in [-0.39, 0.29) is 0 Å². The zero-order valence-corrected chi connectivity index (χ0v) is 11.1. The Morgan fingerprint density at radius 2 is 2.24 bits per heavy atom. The summed E-state index contributed by atoms with van der Waals surface area (Å²) >= 11 is 6.17. The van der Waals surface area contributed by atoms with Crippen molar-refractivity contribution in [1.82, 2.24) is 10.6 Å². The van der Waals surface area contributed by atoms with Crippen molar-refractivity contribution in [1.29, 1.82) is 0 Å². The van der Waals surface area contributed by atoms with E-state index in [0.29, 0.717) is 6.04 Å². The molecule has 94 valence electrons. The topological polar surface area (TPSA) is 33.3 Å². The van der Waals surface area contributed by atoms with Crippen molar-refractivity contribution in [2.45, 2.75) is 19.4 Å². The van der Waals surface area contributed by atoms with Gasteiger partial charge in [-0.2, -0.15) is 0 Å². The highest BCUT2D eigenvalue weighted by Gasteiger charge is 2.15. The largest absolute Gasteiger partial charge is 0.496 e. The molecule has 1 aliphatic heterocycles. The second kappa shape index (κ2) is 5.71. The van der Waals surface area contributed by atoms with Crippen LogP contribution in [-0.4, -0.2) is 32.8 Å². The van der Waals surface area contributed by atoms with Crippen LogP contribution >= 0.6 is 11.6 Å². The highest BCUT2D eigenvalue weighted by atomic mass is 35.5. The highest BCUT2D eigenvalue weighted by molar-refractivity contribution is 6.31. The predicted molar refractivity (Wildman–Crippen MR) is 71.1 cm³/mol. The van der Waals surface area contributed by atoms with Gasteiger partial charge in [0, 0.05) is 30.7 Å². The molecule has 0 spiro atoms. The van der Waals surface area contributed by atoms with Crippen molar-refractivity contribution >= 4 is 11.6 Å². The second-order valence-corrected chi connectivity index (χ2v) is 4.88. The van der Waals surface area contributed by atoms with Crippen LogP contribution in [0.25, 0.3) is 0 Å². The number of halogens is 1. The fourth-order valence-corrected chi connectivity index (χ4v) is 2.35. The molecule has 1 saturated heterocycles. The van der Waals surface area contributed by atoms with E-state index in [9.17, 15) is 0 Å². The first-order chi connectivity index (χ1) is 8.20. The van der Waals surface area contributed by atoms with Crippen LogP contribution in [-0.2, 0) is 6.42 Å². The van der Waals surface area contributed by atoms with Gasteiger partial charge < -0.3 is 15.4 Å². The van der Waals surface area contributed by atoms with Crippen LogP contribution in [0.4, 0.5) is 0 Å². The van der Waals surface area contributed by atoms with Crippen molar-refractivity contribution < 1.29 is 4.74 Å². The van der Waals surface area contributed by atoms with E-state index in [1.54, 1.807) is 7.11 Å². The second-order valence-electron chi connectivity index (χ2n) is 4.47. The van der Waals surface area contributed by atoms with Gasteiger partial charge in [0.2, 0.25) is 0 Å². The third-order valence-electron chi connectivity index (χ3n) is 3.15. The zero-order chi connectivity index (χ0) is 12.3. The molecule has 0 amide bonds. The van der Waals surface area contributed by atoms with E-state index in [4.69, 9.17) is 16.3 Å². The van der Waals surface area contributed by atoms with E-state index >= 15 is 0 Å². The fraction of sp³-hybridized carbons (Fsp3) is 0.538. The number of methoxy groups -OCH3 is 1. The van der Waals surface area contributed by atoms with Crippen LogP contribution in [0.1, 0.15) is 11.1 Å². The average Bonchev–Trinajstić information content (AvgIpc) is 2.35. The summed E-state index contributed by atoms with van der Waals surface area (Å²) in [6, 6.07) is 4.48. The molecule has 0 saturated carbocycles. The molecule has 1 atom stereocenters. The lowest BCUT2D eigenvalue weighted by atomic mass is 10.0. The number of benzene rings is 1. The van der Waals surface area contributed by atoms with Crippen LogP contribution < -0.4 is 15.4 Å². The number of piperazine rings is 1. The summed E-state index contributed by atoms with van der Waals surface area (Å²) in [6.45, 7) is 5.05. The summed E-state index contributed by atoms with van der Waals surface area (Å²) in [5, 5.41) is 7.68. The van der Waals surface area contributed by atoms with E-state index in [0.717, 1.165) is 42.4 Å².